The molecule has 5 rings (SSSR count). The predicted molar refractivity (Wildman–Crippen MR) is 161 cm³/mol. The third-order valence-electron chi connectivity index (χ3n) is 6.93. The van der Waals surface area contributed by atoms with E-state index in [4.69, 9.17) is 16.6 Å². The van der Waals surface area contributed by atoms with Crippen LogP contribution in [-0.2, 0) is 17.8 Å². The van der Waals surface area contributed by atoms with Crippen molar-refractivity contribution in [3.8, 4) is 0 Å². The first kappa shape index (κ1) is 27.8. The number of aromatic nitrogens is 3. The van der Waals surface area contributed by atoms with E-state index in [0.717, 1.165) is 60.6 Å². The highest BCUT2D eigenvalue weighted by atomic mass is 35.5. The number of anilines is 1. The fourth-order valence-corrected chi connectivity index (χ4v) is 5.14. The van der Waals surface area contributed by atoms with Crippen LogP contribution in [0.25, 0.3) is 10.9 Å². The molecule has 4 aromatic rings. The SMILES string of the molecule is Cc1cc(C)nc(NC(=NCCc2c[nH]c3ccc(Cl)cc23)NC(=O)CN2CCN(Cc3ccccc3)CC2)n1. The molecule has 1 aliphatic rings. The number of fused-ring (bicyclic) bond motifs is 1. The number of halogens is 1. The van der Waals surface area contributed by atoms with Gasteiger partial charge in [0.15, 0.2) is 0 Å². The minimum Gasteiger partial charge on any atom is -0.361 e. The monoisotopic (exact) mass is 558 g/mol. The number of carbonyl (C=O) groups is 1. The van der Waals surface area contributed by atoms with Gasteiger partial charge < -0.3 is 4.98 Å². The van der Waals surface area contributed by atoms with Crippen molar-refractivity contribution in [2.24, 2.45) is 4.99 Å². The number of benzene rings is 2. The second-order valence-corrected chi connectivity index (χ2v) is 10.6. The minimum atomic E-state index is -0.119. The number of aromatic amines is 1. The molecule has 10 heteroatoms. The van der Waals surface area contributed by atoms with Gasteiger partial charge in [-0.05, 0) is 55.7 Å². The molecule has 1 saturated heterocycles. The Kier molecular flexibility index (Phi) is 9.05. The van der Waals surface area contributed by atoms with Gasteiger partial charge in [0, 0.05) is 72.8 Å². The van der Waals surface area contributed by atoms with Gasteiger partial charge >= 0.3 is 0 Å². The van der Waals surface area contributed by atoms with Crippen LogP contribution in [-0.4, -0.2) is 75.9 Å². The third-order valence-corrected chi connectivity index (χ3v) is 7.17. The standard InChI is InChI=1S/C30H35ClN8O/c1-21-16-22(2)35-30(34-21)37-29(32-11-10-24-18-33-27-9-8-25(31)17-26(24)27)36-28(40)20-39-14-12-38(13-15-39)19-23-6-4-3-5-7-23/h3-9,16-18,33H,10-15,19-20H2,1-2H3,(H2,32,34,35,36,37,40). The summed E-state index contributed by atoms with van der Waals surface area (Å²) in [7, 11) is 0. The van der Waals surface area contributed by atoms with Gasteiger partial charge in [0.1, 0.15) is 0 Å². The third kappa shape index (κ3) is 7.65. The van der Waals surface area contributed by atoms with Crippen molar-refractivity contribution in [3.63, 3.8) is 0 Å². The smallest absolute Gasteiger partial charge is 0.240 e. The number of nitrogens with zero attached hydrogens (tertiary/aromatic N) is 5. The molecular weight excluding hydrogens is 524 g/mol. The predicted octanol–water partition coefficient (Wildman–Crippen LogP) is 4.17. The first-order chi connectivity index (χ1) is 19.4. The molecule has 40 heavy (non-hydrogen) atoms. The lowest BCUT2D eigenvalue weighted by Gasteiger charge is -2.34. The van der Waals surface area contributed by atoms with Gasteiger partial charge in [0.05, 0.1) is 6.54 Å². The highest BCUT2D eigenvalue weighted by Crippen LogP contribution is 2.22. The van der Waals surface area contributed by atoms with Gasteiger partial charge in [-0.1, -0.05) is 41.9 Å². The largest absolute Gasteiger partial charge is 0.361 e. The second kappa shape index (κ2) is 13.0. The number of aryl methyl sites for hydroxylation is 2. The molecule has 3 N–H and O–H groups in total. The summed E-state index contributed by atoms with van der Waals surface area (Å²) in [6.07, 6.45) is 2.66. The summed E-state index contributed by atoms with van der Waals surface area (Å²) in [4.78, 5) is 34.6. The molecule has 0 radical (unpaired) electrons. The van der Waals surface area contributed by atoms with E-state index < -0.39 is 0 Å². The van der Waals surface area contributed by atoms with Crippen molar-refractivity contribution in [1.29, 1.82) is 0 Å². The Morgan fingerprint density at radius 2 is 1.73 bits per heavy atom. The summed E-state index contributed by atoms with van der Waals surface area (Å²) < 4.78 is 0. The molecule has 0 unspecified atom stereocenters. The zero-order chi connectivity index (χ0) is 27.9. The van der Waals surface area contributed by atoms with Gasteiger partial charge in [0.25, 0.3) is 0 Å². The zero-order valence-electron chi connectivity index (χ0n) is 23.0. The number of rotatable bonds is 8. The molecule has 2 aromatic heterocycles. The van der Waals surface area contributed by atoms with Crippen LogP contribution >= 0.6 is 11.6 Å². The van der Waals surface area contributed by atoms with Gasteiger partial charge in [-0.3, -0.25) is 30.2 Å². The van der Waals surface area contributed by atoms with Crippen molar-refractivity contribution < 1.29 is 4.79 Å². The summed E-state index contributed by atoms with van der Waals surface area (Å²) in [5.74, 6) is 0.631. The van der Waals surface area contributed by atoms with E-state index >= 15 is 0 Å². The number of hydrogen-bond acceptors (Lipinski definition) is 6. The molecule has 0 atom stereocenters. The number of guanidine groups is 1. The summed E-state index contributed by atoms with van der Waals surface area (Å²) in [5.41, 5.74) is 5.13. The summed E-state index contributed by atoms with van der Waals surface area (Å²) in [6, 6.07) is 18.2. The summed E-state index contributed by atoms with van der Waals surface area (Å²) in [6.45, 7) is 9.04. The maximum absolute atomic E-state index is 13.1. The Hall–Kier alpha value is -3.79. The Labute approximate surface area is 239 Å². The van der Waals surface area contributed by atoms with Crippen LogP contribution in [0.5, 0.6) is 0 Å². The van der Waals surface area contributed by atoms with Crippen molar-refractivity contribution in [2.45, 2.75) is 26.8 Å². The molecule has 0 bridgehead atoms. The van der Waals surface area contributed by atoms with Crippen molar-refractivity contribution in [1.82, 2.24) is 30.1 Å². The van der Waals surface area contributed by atoms with Crippen LogP contribution in [0.4, 0.5) is 5.95 Å². The number of piperazine rings is 1. The quantitative estimate of drug-likeness (QED) is 0.222. The van der Waals surface area contributed by atoms with E-state index in [2.05, 4.69) is 59.7 Å². The number of nitrogens with one attached hydrogen (secondary N) is 3. The molecule has 2 aromatic carbocycles. The number of carbonyl (C=O) groups excluding carboxylic acids is 1. The molecule has 1 amide bonds. The summed E-state index contributed by atoms with van der Waals surface area (Å²) >= 11 is 6.21. The molecule has 0 saturated carbocycles. The maximum atomic E-state index is 13.1. The maximum Gasteiger partial charge on any atom is 0.240 e. The van der Waals surface area contributed by atoms with Gasteiger partial charge in [-0.25, -0.2) is 9.97 Å². The van der Waals surface area contributed by atoms with E-state index in [-0.39, 0.29) is 5.91 Å². The Balaban J connectivity index is 1.20. The topological polar surface area (TPSA) is 102 Å². The Morgan fingerprint density at radius 3 is 2.48 bits per heavy atom. The van der Waals surface area contributed by atoms with Gasteiger partial charge in [-0.15, -0.1) is 0 Å². The average Bonchev–Trinajstić information content (AvgIpc) is 3.31. The van der Waals surface area contributed by atoms with E-state index in [1.54, 1.807) is 0 Å². The number of hydrogen-bond donors (Lipinski definition) is 3. The van der Waals surface area contributed by atoms with Crippen molar-refractivity contribution >= 4 is 40.3 Å². The molecule has 3 heterocycles. The van der Waals surface area contributed by atoms with Crippen LogP contribution in [0, 0.1) is 13.8 Å². The van der Waals surface area contributed by atoms with E-state index in [1.165, 1.54) is 5.56 Å². The average molecular weight is 559 g/mol. The molecular formula is C30H35ClN8O. The van der Waals surface area contributed by atoms with Crippen LogP contribution in [0.15, 0.2) is 65.8 Å². The number of H-pyrrole nitrogens is 1. The van der Waals surface area contributed by atoms with Crippen LogP contribution < -0.4 is 10.6 Å². The van der Waals surface area contributed by atoms with Crippen LogP contribution in [0.1, 0.15) is 22.5 Å². The number of amides is 1. The Bertz CT molecular complexity index is 1460. The van der Waals surface area contributed by atoms with Gasteiger partial charge in [0.2, 0.25) is 17.8 Å². The Morgan fingerprint density at radius 1 is 1.00 bits per heavy atom. The lowest BCUT2D eigenvalue weighted by atomic mass is 10.1. The normalized spacial score (nSPS) is 14.9. The van der Waals surface area contributed by atoms with E-state index in [1.807, 2.05) is 50.4 Å². The zero-order valence-corrected chi connectivity index (χ0v) is 23.7. The van der Waals surface area contributed by atoms with Crippen LogP contribution in [0.3, 0.4) is 0 Å². The summed E-state index contributed by atoms with van der Waals surface area (Å²) in [5, 5.41) is 7.86. The molecule has 9 nitrogen and oxygen atoms in total. The second-order valence-electron chi connectivity index (χ2n) is 10.2. The molecule has 1 aliphatic heterocycles. The van der Waals surface area contributed by atoms with Gasteiger partial charge in [-0.2, -0.15) is 0 Å². The molecule has 0 spiro atoms. The molecule has 1 fully saturated rings. The fourth-order valence-electron chi connectivity index (χ4n) is 4.97. The van der Waals surface area contributed by atoms with Crippen LogP contribution in [0.2, 0.25) is 5.02 Å². The minimum absolute atomic E-state index is 0.119. The first-order valence-corrected chi connectivity index (χ1v) is 14.0. The molecule has 208 valence electrons. The lowest BCUT2D eigenvalue weighted by Crippen LogP contribution is -2.50. The lowest BCUT2D eigenvalue weighted by molar-refractivity contribution is -0.121. The van der Waals surface area contributed by atoms with Crippen molar-refractivity contribution in [3.05, 3.63) is 88.3 Å². The first-order valence-electron chi connectivity index (χ1n) is 13.6. The van der Waals surface area contributed by atoms with Crippen molar-refractivity contribution in [2.75, 3.05) is 44.6 Å². The highest BCUT2D eigenvalue weighted by molar-refractivity contribution is 6.31. The highest BCUT2D eigenvalue weighted by Gasteiger charge is 2.20. The van der Waals surface area contributed by atoms with E-state index in [0.29, 0.717) is 36.4 Å². The fraction of sp³-hybridized carbons (Fsp3) is 0.333. The van der Waals surface area contributed by atoms with E-state index in [9.17, 15) is 4.79 Å². The number of aliphatic imine (C=N–C) groups is 1. The molecule has 0 aliphatic carbocycles.